The van der Waals surface area contributed by atoms with E-state index in [1.807, 2.05) is 75.2 Å². The number of aryl methyl sites for hydroxylation is 2. The normalized spacial score (nSPS) is 11.9. The maximum Gasteiger partial charge on any atom is 0.241 e. The number of likely N-dealkylation sites (N-methyl/N-ethyl adjacent to an activating group) is 1. The van der Waals surface area contributed by atoms with Crippen LogP contribution in [0.3, 0.4) is 0 Å². The lowest BCUT2D eigenvalue weighted by Gasteiger charge is -2.24. The van der Waals surface area contributed by atoms with E-state index in [2.05, 4.69) is 5.32 Å². The molecule has 1 N–H and O–H groups in total. The van der Waals surface area contributed by atoms with Crippen molar-refractivity contribution in [2.24, 2.45) is 0 Å². The van der Waals surface area contributed by atoms with E-state index in [0.29, 0.717) is 24.7 Å². The molecule has 0 bridgehead atoms. The molecule has 0 saturated carbocycles. The Hall–Kier alpha value is -2.53. The van der Waals surface area contributed by atoms with Gasteiger partial charge in [-0.25, -0.2) is 0 Å². The van der Waals surface area contributed by atoms with Gasteiger partial charge in [0.25, 0.3) is 0 Å². The van der Waals surface area contributed by atoms with Crippen molar-refractivity contribution in [3.05, 3.63) is 53.6 Å². The second-order valence-electron chi connectivity index (χ2n) is 6.41. The lowest BCUT2D eigenvalue weighted by molar-refractivity contribution is -0.120. The highest BCUT2D eigenvalue weighted by Gasteiger charge is 2.19. The molecule has 0 saturated heterocycles. The van der Waals surface area contributed by atoms with Gasteiger partial charge in [-0.3, -0.25) is 9.69 Å². The van der Waals surface area contributed by atoms with Crippen LogP contribution in [0.1, 0.15) is 18.1 Å². The number of rotatable bonds is 8. The van der Waals surface area contributed by atoms with Crippen LogP contribution in [0.15, 0.2) is 42.5 Å². The topological polar surface area (TPSA) is 50.8 Å². The summed E-state index contributed by atoms with van der Waals surface area (Å²) in [5, 5.41) is 3.04. The average molecular weight is 356 g/mol. The first-order valence-corrected chi connectivity index (χ1v) is 8.77. The lowest BCUT2D eigenvalue weighted by Crippen LogP contribution is -2.41. The Kier molecular flexibility index (Phi) is 7.04. The molecule has 0 aliphatic heterocycles. The molecular weight excluding hydrogens is 328 g/mol. The van der Waals surface area contributed by atoms with Crippen molar-refractivity contribution in [3.8, 4) is 11.5 Å². The summed E-state index contributed by atoms with van der Waals surface area (Å²) in [5.41, 5.74) is 3.02. The highest BCUT2D eigenvalue weighted by molar-refractivity contribution is 5.95. The van der Waals surface area contributed by atoms with Gasteiger partial charge in [-0.15, -0.1) is 0 Å². The Bertz CT molecular complexity index is 726. The maximum absolute atomic E-state index is 12.6. The van der Waals surface area contributed by atoms with Crippen LogP contribution in [0.25, 0.3) is 0 Å². The van der Waals surface area contributed by atoms with E-state index in [9.17, 15) is 4.79 Å². The molecule has 1 unspecified atom stereocenters. The quantitative estimate of drug-likeness (QED) is 0.784. The molecule has 0 radical (unpaired) electrons. The Balaban J connectivity index is 1.88. The van der Waals surface area contributed by atoms with Crippen molar-refractivity contribution in [2.75, 3.05) is 32.6 Å². The van der Waals surface area contributed by atoms with E-state index in [-0.39, 0.29) is 11.9 Å². The number of methoxy groups -OCH3 is 1. The number of anilines is 1. The monoisotopic (exact) mass is 356 g/mol. The Labute approximate surface area is 155 Å². The fraction of sp³-hybridized carbons (Fsp3) is 0.381. The number of amides is 1. The molecule has 5 nitrogen and oxygen atoms in total. The van der Waals surface area contributed by atoms with Crippen LogP contribution in [0.5, 0.6) is 11.5 Å². The summed E-state index contributed by atoms with van der Waals surface area (Å²) < 4.78 is 11.1. The average Bonchev–Trinajstić information content (AvgIpc) is 2.64. The number of carbonyl (C=O) groups excluding carboxylic acids is 1. The van der Waals surface area contributed by atoms with E-state index in [1.54, 1.807) is 7.11 Å². The Morgan fingerprint density at radius 1 is 1.08 bits per heavy atom. The molecular formula is C21H28N2O3. The molecule has 1 atom stereocenters. The SMILES string of the molecule is COc1ccccc1OCCN(C)C(C)C(=O)Nc1c(C)cccc1C. The van der Waals surface area contributed by atoms with Crippen LogP contribution in [-0.4, -0.2) is 44.2 Å². The van der Waals surface area contributed by atoms with Crippen molar-refractivity contribution in [2.45, 2.75) is 26.8 Å². The van der Waals surface area contributed by atoms with Gasteiger partial charge in [-0.05, 0) is 51.1 Å². The number of hydrogen-bond donors (Lipinski definition) is 1. The Morgan fingerprint density at radius 2 is 1.69 bits per heavy atom. The maximum atomic E-state index is 12.6. The molecule has 0 aromatic heterocycles. The van der Waals surface area contributed by atoms with E-state index in [0.717, 1.165) is 16.8 Å². The van der Waals surface area contributed by atoms with Crippen LogP contribution in [0.2, 0.25) is 0 Å². The minimum Gasteiger partial charge on any atom is -0.493 e. The molecule has 0 spiro atoms. The van der Waals surface area contributed by atoms with Crippen LogP contribution in [-0.2, 0) is 4.79 Å². The highest BCUT2D eigenvalue weighted by Crippen LogP contribution is 2.25. The first kappa shape index (κ1) is 19.8. The molecule has 2 aromatic rings. The van der Waals surface area contributed by atoms with Gasteiger partial charge in [0.1, 0.15) is 6.61 Å². The third kappa shape index (κ3) is 4.99. The molecule has 0 aliphatic carbocycles. The van der Waals surface area contributed by atoms with Gasteiger partial charge in [0.05, 0.1) is 13.2 Å². The summed E-state index contributed by atoms with van der Waals surface area (Å²) in [7, 11) is 3.54. The van der Waals surface area contributed by atoms with E-state index < -0.39 is 0 Å². The van der Waals surface area contributed by atoms with Crippen LogP contribution >= 0.6 is 0 Å². The second kappa shape index (κ2) is 9.25. The molecule has 2 rings (SSSR count). The van der Waals surface area contributed by atoms with Crippen molar-refractivity contribution in [1.29, 1.82) is 0 Å². The zero-order valence-electron chi connectivity index (χ0n) is 16.2. The molecule has 0 aliphatic rings. The third-order valence-electron chi connectivity index (χ3n) is 4.54. The van der Waals surface area contributed by atoms with Gasteiger partial charge in [0.15, 0.2) is 11.5 Å². The lowest BCUT2D eigenvalue weighted by atomic mass is 10.1. The summed E-state index contributed by atoms with van der Waals surface area (Å²) in [6.45, 7) is 6.99. The number of nitrogens with zero attached hydrogens (tertiary/aromatic N) is 1. The highest BCUT2D eigenvalue weighted by atomic mass is 16.5. The molecule has 26 heavy (non-hydrogen) atoms. The summed E-state index contributed by atoms with van der Waals surface area (Å²) in [6, 6.07) is 13.3. The smallest absolute Gasteiger partial charge is 0.241 e. The largest absolute Gasteiger partial charge is 0.493 e. The van der Waals surface area contributed by atoms with Crippen molar-refractivity contribution >= 4 is 11.6 Å². The number of hydrogen-bond acceptors (Lipinski definition) is 4. The van der Waals surface area contributed by atoms with Gasteiger partial charge < -0.3 is 14.8 Å². The van der Waals surface area contributed by atoms with E-state index in [4.69, 9.17) is 9.47 Å². The number of benzene rings is 2. The first-order valence-electron chi connectivity index (χ1n) is 8.77. The summed E-state index contributed by atoms with van der Waals surface area (Å²) in [4.78, 5) is 14.5. The summed E-state index contributed by atoms with van der Waals surface area (Å²) in [5.74, 6) is 1.38. The first-order chi connectivity index (χ1) is 12.4. The predicted octanol–water partition coefficient (Wildman–Crippen LogP) is 3.65. The van der Waals surface area contributed by atoms with Gasteiger partial charge in [-0.1, -0.05) is 30.3 Å². The number of nitrogens with one attached hydrogen (secondary N) is 1. The molecule has 5 heteroatoms. The zero-order valence-corrected chi connectivity index (χ0v) is 16.2. The fourth-order valence-corrected chi connectivity index (χ4v) is 2.67. The van der Waals surface area contributed by atoms with E-state index >= 15 is 0 Å². The van der Waals surface area contributed by atoms with Crippen molar-refractivity contribution in [3.63, 3.8) is 0 Å². The fourth-order valence-electron chi connectivity index (χ4n) is 2.67. The standard InChI is InChI=1S/C21H28N2O3/c1-15-9-8-10-16(2)20(15)22-21(24)17(3)23(4)13-14-26-19-12-7-6-11-18(19)25-5/h6-12,17H,13-14H2,1-5H3,(H,22,24). The second-order valence-corrected chi connectivity index (χ2v) is 6.41. The summed E-state index contributed by atoms with van der Waals surface area (Å²) >= 11 is 0. The third-order valence-corrected chi connectivity index (χ3v) is 4.54. The minimum atomic E-state index is -0.268. The molecule has 1 amide bonds. The Morgan fingerprint density at radius 3 is 2.31 bits per heavy atom. The van der Waals surface area contributed by atoms with Crippen molar-refractivity contribution < 1.29 is 14.3 Å². The van der Waals surface area contributed by atoms with Gasteiger partial charge in [0.2, 0.25) is 5.91 Å². The van der Waals surface area contributed by atoms with E-state index in [1.165, 1.54) is 0 Å². The van der Waals surface area contributed by atoms with Crippen LogP contribution in [0, 0.1) is 13.8 Å². The van der Waals surface area contributed by atoms with Gasteiger partial charge in [0, 0.05) is 12.2 Å². The molecule has 0 fully saturated rings. The number of ether oxygens (including phenoxy) is 2. The summed E-state index contributed by atoms with van der Waals surface area (Å²) in [6.07, 6.45) is 0. The minimum absolute atomic E-state index is 0.0257. The molecule has 140 valence electrons. The zero-order chi connectivity index (χ0) is 19.1. The van der Waals surface area contributed by atoms with Crippen molar-refractivity contribution in [1.82, 2.24) is 4.90 Å². The van der Waals surface area contributed by atoms with Crippen LogP contribution < -0.4 is 14.8 Å². The predicted molar refractivity (Wildman–Crippen MR) is 105 cm³/mol. The molecule has 0 heterocycles. The van der Waals surface area contributed by atoms with Crippen LogP contribution in [0.4, 0.5) is 5.69 Å². The van der Waals surface area contributed by atoms with Gasteiger partial charge >= 0.3 is 0 Å². The molecule has 2 aromatic carbocycles. The number of carbonyl (C=O) groups is 1. The van der Waals surface area contributed by atoms with Gasteiger partial charge in [-0.2, -0.15) is 0 Å². The number of para-hydroxylation sites is 3.